The van der Waals surface area contributed by atoms with Crippen molar-refractivity contribution in [1.82, 2.24) is 10.2 Å². The van der Waals surface area contributed by atoms with E-state index in [1.54, 1.807) is 0 Å². The number of nitrogens with zero attached hydrogens (tertiary/aromatic N) is 1. The highest BCUT2D eigenvalue weighted by Crippen LogP contribution is 2.26. The zero-order valence-corrected chi connectivity index (χ0v) is 8.95. The molecule has 0 spiro atoms. The molecule has 0 aromatic rings. The van der Waals surface area contributed by atoms with Crippen molar-refractivity contribution in [1.29, 1.82) is 0 Å². The Morgan fingerprint density at radius 3 is 2.59 bits per heavy atom. The molecule has 2 rings (SSSR count). The van der Waals surface area contributed by atoms with Crippen molar-refractivity contribution in [2.75, 3.05) is 0 Å². The molecular weight excluding hydrogens is 235 g/mol. The lowest BCUT2D eigenvalue weighted by Gasteiger charge is -2.31. The predicted octanol–water partition coefficient (Wildman–Crippen LogP) is -1.39. The molecule has 2 heterocycles. The van der Waals surface area contributed by atoms with E-state index in [1.807, 2.05) is 5.32 Å². The lowest BCUT2D eigenvalue weighted by atomic mass is 10.1. The molecule has 1 fully saturated rings. The van der Waals surface area contributed by atoms with Gasteiger partial charge >= 0.3 is 6.03 Å². The molecule has 0 saturated carbocycles. The summed E-state index contributed by atoms with van der Waals surface area (Å²) >= 11 is 0. The maximum atomic E-state index is 13.1. The second-order valence-corrected chi connectivity index (χ2v) is 3.99. The van der Waals surface area contributed by atoms with Crippen LogP contribution >= 0.6 is 0 Å². The number of rotatable bonds is 1. The molecule has 2 aliphatic rings. The average Bonchev–Trinajstić information content (AvgIpc) is 2.51. The summed E-state index contributed by atoms with van der Waals surface area (Å²) in [6, 6.07) is -0.816. The minimum Gasteiger partial charge on any atom is -0.388 e. The SMILES string of the molecule is C[C@H]1O[C@@H](N2C=C(F)C(O)NC2=O)C(O)C1O. The van der Waals surface area contributed by atoms with Crippen molar-refractivity contribution in [3.8, 4) is 0 Å². The number of amides is 2. The van der Waals surface area contributed by atoms with Crippen LogP contribution in [-0.4, -0.2) is 57.0 Å². The van der Waals surface area contributed by atoms with E-state index in [0.717, 1.165) is 11.1 Å². The van der Waals surface area contributed by atoms with Crippen LogP contribution in [0.1, 0.15) is 6.92 Å². The van der Waals surface area contributed by atoms with Gasteiger partial charge in [-0.2, -0.15) is 0 Å². The van der Waals surface area contributed by atoms with Crippen LogP contribution in [0.3, 0.4) is 0 Å². The largest absolute Gasteiger partial charge is 0.388 e. The molecule has 7 nitrogen and oxygen atoms in total. The maximum Gasteiger partial charge on any atom is 0.326 e. The first-order valence-electron chi connectivity index (χ1n) is 5.07. The molecule has 1 saturated heterocycles. The molecule has 5 atom stereocenters. The van der Waals surface area contributed by atoms with Crippen molar-refractivity contribution in [2.45, 2.75) is 37.7 Å². The van der Waals surface area contributed by atoms with Gasteiger partial charge in [0.25, 0.3) is 0 Å². The lowest BCUT2D eigenvalue weighted by molar-refractivity contribution is -0.0547. The van der Waals surface area contributed by atoms with E-state index in [-0.39, 0.29) is 0 Å². The van der Waals surface area contributed by atoms with E-state index in [0.29, 0.717) is 0 Å². The summed E-state index contributed by atoms with van der Waals surface area (Å²) in [6.07, 6.45) is -5.31. The minimum absolute atomic E-state index is 0.675. The van der Waals surface area contributed by atoms with Gasteiger partial charge in [0.05, 0.1) is 6.10 Å². The number of halogens is 1. The Morgan fingerprint density at radius 2 is 2.06 bits per heavy atom. The van der Waals surface area contributed by atoms with E-state index in [1.165, 1.54) is 6.92 Å². The number of urea groups is 1. The van der Waals surface area contributed by atoms with Crippen LogP contribution in [-0.2, 0) is 4.74 Å². The number of carbonyl (C=O) groups excluding carboxylic acids is 1. The fourth-order valence-corrected chi connectivity index (χ4v) is 1.77. The Labute approximate surface area is 96.1 Å². The Bertz CT molecular complexity index is 363. The lowest BCUT2D eigenvalue weighted by Crippen LogP contribution is -2.54. The Morgan fingerprint density at radius 1 is 1.41 bits per heavy atom. The second kappa shape index (κ2) is 4.22. The number of ether oxygens (including phenoxy) is 1. The molecule has 8 heteroatoms. The van der Waals surface area contributed by atoms with Crippen molar-refractivity contribution in [2.24, 2.45) is 0 Å². The number of aliphatic hydroxyl groups is 3. The monoisotopic (exact) mass is 248 g/mol. The Kier molecular flexibility index (Phi) is 3.04. The highest BCUT2D eigenvalue weighted by atomic mass is 19.1. The second-order valence-electron chi connectivity index (χ2n) is 3.99. The van der Waals surface area contributed by atoms with Crippen LogP contribution < -0.4 is 5.32 Å². The highest BCUT2D eigenvalue weighted by Gasteiger charge is 2.46. The van der Waals surface area contributed by atoms with E-state index < -0.39 is 42.6 Å². The van der Waals surface area contributed by atoms with Crippen molar-refractivity contribution < 1.29 is 29.2 Å². The van der Waals surface area contributed by atoms with Gasteiger partial charge < -0.3 is 25.4 Å². The minimum atomic E-state index is -1.69. The summed E-state index contributed by atoms with van der Waals surface area (Å²) < 4.78 is 18.3. The predicted molar refractivity (Wildman–Crippen MR) is 51.9 cm³/mol. The molecule has 0 aromatic carbocycles. The van der Waals surface area contributed by atoms with Gasteiger partial charge in [-0.25, -0.2) is 9.18 Å². The van der Waals surface area contributed by atoms with E-state index in [2.05, 4.69) is 0 Å². The normalized spacial score (nSPS) is 42.4. The Hall–Kier alpha value is -1.22. The van der Waals surface area contributed by atoms with Crippen LogP contribution in [0.15, 0.2) is 12.0 Å². The topological polar surface area (TPSA) is 102 Å². The molecule has 2 amide bonds. The van der Waals surface area contributed by atoms with Gasteiger partial charge in [0, 0.05) is 6.20 Å². The van der Waals surface area contributed by atoms with Gasteiger partial charge in [-0.05, 0) is 6.92 Å². The van der Waals surface area contributed by atoms with Gasteiger partial charge in [-0.3, -0.25) is 4.90 Å². The van der Waals surface area contributed by atoms with E-state index in [9.17, 15) is 19.4 Å². The van der Waals surface area contributed by atoms with Crippen molar-refractivity contribution >= 4 is 6.03 Å². The van der Waals surface area contributed by atoms with Gasteiger partial charge in [0.15, 0.2) is 18.3 Å². The van der Waals surface area contributed by atoms with Crippen LogP contribution in [0.4, 0.5) is 9.18 Å². The van der Waals surface area contributed by atoms with Gasteiger partial charge in [0.1, 0.15) is 12.2 Å². The summed E-state index contributed by atoms with van der Waals surface area (Å²) in [4.78, 5) is 12.2. The molecule has 2 aliphatic heterocycles. The van der Waals surface area contributed by atoms with Gasteiger partial charge in [-0.15, -0.1) is 0 Å². The maximum absolute atomic E-state index is 13.1. The van der Waals surface area contributed by atoms with Gasteiger partial charge in [-0.1, -0.05) is 0 Å². The van der Waals surface area contributed by atoms with Gasteiger partial charge in [0.2, 0.25) is 0 Å². The van der Waals surface area contributed by atoms with Crippen LogP contribution in [0.2, 0.25) is 0 Å². The summed E-state index contributed by atoms with van der Waals surface area (Å²) in [5, 5.41) is 30.1. The first-order valence-corrected chi connectivity index (χ1v) is 5.07. The van der Waals surface area contributed by atoms with Crippen LogP contribution in [0.25, 0.3) is 0 Å². The molecule has 0 bridgehead atoms. The average molecular weight is 248 g/mol. The number of hydrogen-bond donors (Lipinski definition) is 4. The standard InChI is InChI=1S/C9H13FN2O5/c1-3-5(13)6(14)8(17-3)12-2-4(10)7(15)11-9(12)16/h2-3,5-8,13-15H,1H3,(H,11,16)/t3-,5?,6?,7?,8-/m1/s1. The molecule has 17 heavy (non-hydrogen) atoms. The Balaban J connectivity index is 2.21. The van der Waals surface area contributed by atoms with E-state index in [4.69, 9.17) is 9.84 Å². The van der Waals surface area contributed by atoms with Crippen LogP contribution in [0.5, 0.6) is 0 Å². The first-order chi connectivity index (χ1) is 7.91. The van der Waals surface area contributed by atoms with E-state index >= 15 is 0 Å². The van der Waals surface area contributed by atoms with Crippen LogP contribution in [0, 0.1) is 0 Å². The molecule has 3 unspecified atom stereocenters. The molecule has 0 radical (unpaired) electrons. The smallest absolute Gasteiger partial charge is 0.326 e. The molecule has 0 aliphatic carbocycles. The summed E-state index contributed by atoms with van der Waals surface area (Å²) in [6.45, 7) is 1.52. The number of hydrogen-bond acceptors (Lipinski definition) is 5. The molecule has 96 valence electrons. The zero-order chi connectivity index (χ0) is 12.7. The zero-order valence-electron chi connectivity index (χ0n) is 8.95. The fourth-order valence-electron chi connectivity index (χ4n) is 1.77. The third-order valence-corrected chi connectivity index (χ3v) is 2.77. The number of nitrogens with one attached hydrogen (secondary N) is 1. The molecule has 4 N–H and O–H groups in total. The fraction of sp³-hybridized carbons (Fsp3) is 0.667. The first kappa shape index (κ1) is 12.2. The van der Waals surface area contributed by atoms with Crippen molar-refractivity contribution in [3.05, 3.63) is 12.0 Å². The summed E-state index contributed by atoms with van der Waals surface area (Å²) in [7, 11) is 0. The molecule has 0 aromatic heterocycles. The molecular formula is C9H13FN2O5. The quantitative estimate of drug-likeness (QED) is 0.457. The third kappa shape index (κ3) is 2.00. The summed E-state index contributed by atoms with van der Waals surface area (Å²) in [5.74, 6) is -0.977. The highest BCUT2D eigenvalue weighted by molar-refractivity contribution is 5.77. The number of carbonyl (C=O) groups is 1. The summed E-state index contributed by atoms with van der Waals surface area (Å²) in [5.41, 5.74) is 0. The third-order valence-electron chi connectivity index (χ3n) is 2.77. The number of aliphatic hydroxyl groups excluding tert-OH is 3. The van der Waals surface area contributed by atoms with Crippen molar-refractivity contribution in [3.63, 3.8) is 0 Å².